The molecule has 92 valence electrons. The van der Waals surface area contributed by atoms with Crippen molar-refractivity contribution >= 4 is 11.9 Å². The van der Waals surface area contributed by atoms with E-state index in [4.69, 9.17) is 9.84 Å². The van der Waals surface area contributed by atoms with Crippen LogP contribution in [0.3, 0.4) is 0 Å². The molecule has 0 aliphatic rings. The molecule has 0 aromatic heterocycles. The monoisotopic (exact) mass is 237 g/mol. The Labute approximate surface area is 99.4 Å². The largest absolute Gasteiger partial charge is 0.496 e. The molecule has 2 N–H and O–H groups in total. The lowest BCUT2D eigenvalue weighted by Crippen LogP contribution is -2.22. The van der Waals surface area contributed by atoms with Gasteiger partial charge in [0.2, 0.25) is 5.91 Å². The van der Waals surface area contributed by atoms with E-state index in [1.165, 1.54) is 26.2 Å². The summed E-state index contributed by atoms with van der Waals surface area (Å²) in [5, 5.41) is 11.5. The number of benzene rings is 1. The maximum atomic E-state index is 10.8. The van der Waals surface area contributed by atoms with Crippen LogP contribution in [0.5, 0.6) is 5.75 Å². The fourth-order valence-corrected chi connectivity index (χ4v) is 1.46. The first-order chi connectivity index (χ1) is 8.04. The molecule has 0 saturated heterocycles. The van der Waals surface area contributed by atoms with Crippen molar-refractivity contribution < 1.29 is 19.4 Å². The third-order valence-corrected chi connectivity index (χ3v) is 2.30. The van der Waals surface area contributed by atoms with Crippen molar-refractivity contribution in [3.05, 3.63) is 29.3 Å². The van der Waals surface area contributed by atoms with Crippen LogP contribution in [0.25, 0.3) is 0 Å². The highest BCUT2D eigenvalue weighted by Gasteiger charge is 2.08. The van der Waals surface area contributed by atoms with Crippen LogP contribution in [0.2, 0.25) is 0 Å². The number of methoxy groups -OCH3 is 1. The summed E-state index contributed by atoms with van der Waals surface area (Å²) in [5.41, 5.74) is 1.05. The maximum Gasteiger partial charge on any atom is 0.335 e. The second-order valence-electron chi connectivity index (χ2n) is 3.56. The van der Waals surface area contributed by atoms with Crippen LogP contribution in [0.4, 0.5) is 0 Å². The smallest absolute Gasteiger partial charge is 0.335 e. The van der Waals surface area contributed by atoms with Crippen LogP contribution >= 0.6 is 0 Å². The summed E-state index contributed by atoms with van der Waals surface area (Å²) in [6, 6.07) is 4.70. The van der Waals surface area contributed by atoms with Gasteiger partial charge in [-0.15, -0.1) is 0 Å². The first-order valence-corrected chi connectivity index (χ1v) is 5.19. The summed E-state index contributed by atoms with van der Waals surface area (Å²) in [6.45, 7) is 1.95. The highest BCUT2D eigenvalue weighted by Crippen LogP contribution is 2.20. The number of ether oxygens (including phenoxy) is 1. The summed E-state index contributed by atoms with van der Waals surface area (Å²) >= 11 is 0. The molecule has 0 unspecified atom stereocenters. The Morgan fingerprint density at radius 2 is 2.12 bits per heavy atom. The van der Waals surface area contributed by atoms with E-state index >= 15 is 0 Å². The number of nitrogens with one attached hydrogen (secondary N) is 1. The molecular weight excluding hydrogens is 222 g/mol. The van der Waals surface area contributed by atoms with Crippen molar-refractivity contribution in [2.45, 2.75) is 13.3 Å². The van der Waals surface area contributed by atoms with Crippen molar-refractivity contribution in [2.24, 2.45) is 0 Å². The van der Waals surface area contributed by atoms with Crippen LogP contribution in [0.15, 0.2) is 18.2 Å². The number of hydrogen-bond donors (Lipinski definition) is 2. The minimum Gasteiger partial charge on any atom is -0.496 e. The third-order valence-electron chi connectivity index (χ3n) is 2.30. The molecule has 0 saturated carbocycles. The minimum absolute atomic E-state index is 0.0916. The molecular formula is C12H15NO4. The average Bonchev–Trinajstić information content (AvgIpc) is 2.28. The van der Waals surface area contributed by atoms with Crippen molar-refractivity contribution in [1.82, 2.24) is 5.32 Å². The van der Waals surface area contributed by atoms with Gasteiger partial charge < -0.3 is 15.2 Å². The van der Waals surface area contributed by atoms with Gasteiger partial charge in [0.15, 0.2) is 0 Å². The molecule has 0 fully saturated rings. The van der Waals surface area contributed by atoms with Gasteiger partial charge in [-0.1, -0.05) is 6.07 Å². The quantitative estimate of drug-likeness (QED) is 0.803. The highest BCUT2D eigenvalue weighted by atomic mass is 16.5. The Balaban J connectivity index is 2.78. The fourth-order valence-electron chi connectivity index (χ4n) is 1.46. The standard InChI is InChI=1S/C12H15NO4/c1-8(14)13-6-5-9-3-4-10(12(15)16)7-11(9)17-2/h3-4,7H,5-6H2,1-2H3,(H,13,14)(H,15,16). The van der Waals surface area contributed by atoms with Crippen LogP contribution in [0, 0.1) is 0 Å². The zero-order chi connectivity index (χ0) is 12.8. The molecule has 5 nitrogen and oxygen atoms in total. The predicted molar refractivity (Wildman–Crippen MR) is 62.3 cm³/mol. The Morgan fingerprint density at radius 3 is 2.65 bits per heavy atom. The average molecular weight is 237 g/mol. The number of rotatable bonds is 5. The van der Waals surface area contributed by atoms with Gasteiger partial charge in [0.05, 0.1) is 12.7 Å². The van der Waals surface area contributed by atoms with Gasteiger partial charge in [0, 0.05) is 13.5 Å². The van der Waals surface area contributed by atoms with E-state index in [-0.39, 0.29) is 11.5 Å². The maximum absolute atomic E-state index is 10.8. The van der Waals surface area contributed by atoms with Crippen molar-refractivity contribution in [1.29, 1.82) is 0 Å². The lowest BCUT2D eigenvalue weighted by Gasteiger charge is -2.09. The van der Waals surface area contributed by atoms with Gasteiger partial charge in [0.25, 0.3) is 0 Å². The Kier molecular flexibility index (Phi) is 4.51. The topological polar surface area (TPSA) is 75.6 Å². The molecule has 0 aliphatic heterocycles. The summed E-state index contributed by atoms with van der Waals surface area (Å²) in [4.78, 5) is 21.5. The zero-order valence-corrected chi connectivity index (χ0v) is 9.82. The van der Waals surface area contributed by atoms with Crippen molar-refractivity contribution in [3.63, 3.8) is 0 Å². The van der Waals surface area contributed by atoms with E-state index in [2.05, 4.69) is 5.32 Å². The van der Waals surface area contributed by atoms with E-state index in [0.29, 0.717) is 18.7 Å². The van der Waals surface area contributed by atoms with E-state index in [0.717, 1.165) is 5.56 Å². The SMILES string of the molecule is COc1cc(C(=O)O)ccc1CCNC(C)=O. The second kappa shape index (κ2) is 5.89. The molecule has 5 heteroatoms. The lowest BCUT2D eigenvalue weighted by atomic mass is 10.1. The molecule has 17 heavy (non-hydrogen) atoms. The van der Waals surface area contributed by atoms with Crippen LogP contribution in [-0.4, -0.2) is 30.6 Å². The first kappa shape index (κ1) is 13.0. The lowest BCUT2D eigenvalue weighted by molar-refractivity contribution is -0.118. The number of carboxylic acids is 1. The molecule has 0 atom stereocenters. The number of carboxylic acid groups (broad SMARTS) is 1. The molecule has 0 heterocycles. The zero-order valence-electron chi connectivity index (χ0n) is 9.82. The molecule has 1 rings (SSSR count). The first-order valence-electron chi connectivity index (χ1n) is 5.19. The van der Waals surface area contributed by atoms with Crippen LogP contribution in [0.1, 0.15) is 22.8 Å². The van der Waals surface area contributed by atoms with Gasteiger partial charge >= 0.3 is 5.97 Å². The summed E-state index contributed by atoms with van der Waals surface area (Å²) in [5.74, 6) is -0.557. The Morgan fingerprint density at radius 1 is 1.41 bits per heavy atom. The second-order valence-corrected chi connectivity index (χ2v) is 3.56. The summed E-state index contributed by atoms with van der Waals surface area (Å²) in [7, 11) is 1.49. The summed E-state index contributed by atoms with van der Waals surface area (Å²) < 4.78 is 5.12. The van der Waals surface area contributed by atoms with Gasteiger partial charge in [-0.2, -0.15) is 0 Å². The molecule has 0 radical (unpaired) electrons. The summed E-state index contributed by atoms with van der Waals surface area (Å²) in [6.07, 6.45) is 0.600. The van der Waals surface area contributed by atoms with Gasteiger partial charge in [-0.25, -0.2) is 4.79 Å². The molecule has 0 spiro atoms. The normalized spacial score (nSPS) is 9.76. The minimum atomic E-state index is -0.989. The van der Waals surface area contributed by atoms with E-state index in [9.17, 15) is 9.59 Å². The number of amides is 1. The van der Waals surface area contributed by atoms with Crippen LogP contribution < -0.4 is 10.1 Å². The Bertz CT molecular complexity index is 429. The highest BCUT2D eigenvalue weighted by molar-refractivity contribution is 5.88. The molecule has 1 amide bonds. The van der Waals surface area contributed by atoms with E-state index in [1.807, 2.05) is 0 Å². The van der Waals surface area contributed by atoms with Gasteiger partial charge in [-0.3, -0.25) is 4.79 Å². The van der Waals surface area contributed by atoms with E-state index in [1.54, 1.807) is 6.07 Å². The van der Waals surface area contributed by atoms with Crippen LogP contribution in [-0.2, 0) is 11.2 Å². The van der Waals surface area contributed by atoms with Crippen molar-refractivity contribution in [3.8, 4) is 5.75 Å². The molecule has 1 aromatic carbocycles. The number of carbonyl (C=O) groups is 2. The van der Waals surface area contributed by atoms with E-state index < -0.39 is 5.97 Å². The fraction of sp³-hybridized carbons (Fsp3) is 0.333. The molecule has 0 bridgehead atoms. The van der Waals surface area contributed by atoms with Crippen molar-refractivity contribution in [2.75, 3.05) is 13.7 Å². The number of hydrogen-bond acceptors (Lipinski definition) is 3. The van der Waals surface area contributed by atoms with Gasteiger partial charge in [-0.05, 0) is 24.1 Å². The van der Waals surface area contributed by atoms with Gasteiger partial charge in [0.1, 0.15) is 5.75 Å². The number of aromatic carboxylic acids is 1. The molecule has 0 aliphatic carbocycles. The number of carbonyl (C=O) groups excluding carboxylic acids is 1. The third kappa shape index (κ3) is 3.79. The predicted octanol–water partition coefficient (Wildman–Crippen LogP) is 1.07. The Hall–Kier alpha value is -2.04. The molecule has 1 aromatic rings.